The van der Waals surface area contributed by atoms with Crippen LogP contribution in [0.25, 0.3) is 0 Å². The van der Waals surface area contributed by atoms with E-state index in [9.17, 15) is 9.59 Å². The molecule has 0 saturated carbocycles. The molecule has 1 amide bonds. The van der Waals surface area contributed by atoms with Crippen LogP contribution in [0.4, 0.5) is 5.69 Å². The summed E-state index contributed by atoms with van der Waals surface area (Å²) in [5.74, 6) is -0.907. The lowest BCUT2D eigenvalue weighted by molar-refractivity contribution is -0.124. The normalized spacial score (nSPS) is 23.3. The van der Waals surface area contributed by atoms with Crippen LogP contribution in [0.5, 0.6) is 0 Å². The van der Waals surface area contributed by atoms with E-state index in [0.29, 0.717) is 12.2 Å². The second-order valence-electron chi connectivity index (χ2n) is 5.94. The lowest BCUT2D eigenvalue weighted by atomic mass is 9.66. The van der Waals surface area contributed by atoms with Crippen LogP contribution < -0.4 is 4.90 Å². The maximum atomic E-state index is 12.8. The maximum absolute atomic E-state index is 12.8. The van der Waals surface area contributed by atoms with Crippen LogP contribution >= 0.6 is 0 Å². The average Bonchev–Trinajstić information content (AvgIpc) is 2.52. The number of nitrogens with zero attached hydrogens (tertiary/aromatic N) is 3. The molecule has 0 saturated heterocycles. The molecule has 1 unspecified atom stereocenters. The van der Waals surface area contributed by atoms with Gasteiger partial charge in [0, 0.05) is 12.7 Å². The standard InChI is InChI=1S/C17H15N3O2/c1-17(2)14-5-7-20(12-4-3-6-19-10-12)16(22)13(14)8-11(9-18)15(17)21/h3-6,8,10,13H,7H2,1-2H3. The van der Waals surface area contributed by atoms with Crippen molar-refractivity contribution in [3.63, 3.8) is 0 Å². The summed E-state index contributed by atoms with van der Waals surface area (Å²) >= 11 is 0. The number of carbonyl (C=O) groups is 2. The number of hydrogen-bond donors (Lipinski definition) is 0. The van der Waals surface area contributed by atoms with Crippen molar-refractivity contribution in [1.29, 1.82) is 5.26 Å². The number of allylic oxidation sites excluding steroid dienone is 1. The van der Waals surface area contributed by atoms with Crippen molar-refractivity contribution < 1.29 is 9.59 Å². The van der Waals surface area contributed by atoms with Gasteiger partial charge in [0.05, 0.1) is 28.8 Å². The van der Waals surface area contributed by atoms with Gasteiger partial charge in [0.15, 0.2) is 5.78 Å². The molecule has 0 N–H and O–H groups in total. The second kappa shape index (κ2) is 4.92. The van der Waals surface area contributed by atoms with E-state index in [4.69, 9.17) is 5.26 Å². The van der Waals surface area contributed by atoms with Crippen molar-refractivity contribution in [2.24, 2.45) is 11.3 Å². The molecule has 0 bridgehead atoms. The van der Waals surface area contributed by atoms with E-state index in [1.54, 1.807) is 37.2 Å². The van der Waals surface area contributed by atoms with Gasteiger partial charge in [-0.05, 0) is 37.6 Å². The van der Waals surface area contributed by atoms with E-state index in [1.165, 1.54) is 6.08 Å². The molecule has 5 heteroatoms. The summed E-state index contributed by atoms with van der Waals surface area (Å²) < 4.78 is 0. The highest BCUT2D eigenvalue weighted by molar-refractivity contribution is 6.10. The molecular formula is C17H15N3O2. The monoisotopic (exact) mass is 293 g/mol. The zero-order chi connectivity index (χ0) is 15.9. The molecule has 22 heavy (non-hydrogen) atoms. The summed E-state index contributed by atoms with van der Waals surface area (Å²) in [5.41, 5.74) is 0.737. The van der Waals surface area contributed by atoms with E-state index < -0.39 is 11.3 Å². The van der Waals surface area contributed by atoms with E-state index in [-0.39, 0.29) is 17.3 Å². The van der Waals surface area contributed by atoms with Crippen molar-refractivity contribution in [1.82, 2.24) is 4.98 Å². The second-order valence-corrected chi connectivity index (χ2v) is 5.94. The van der Waals surface area contributed by atoms with Crippen LogP contribution in [-0.4, -0.2) is 23.2 Å². The predicted octanol–water partition coefficient (Wildman–Crippen LogP) is 2.03. The minimum atomic E-state index is -0.818. The minimum absolute atomic E-state index is 0.0635. The third kappa shape index (κ3) is 1.96. The van der Waals surface area contributed by atoms with Crippen molar-refractivity contribution in [3.05, 3.63) is 47.8 Å². The molecule has 5 nitrogen and oxygen atoms in total. The summed E-state index contributed by atoms with van der Waals surface area (Å²) in [7, 11) is 0. The average molecular weight is 293 g/mol. The van der Waals surface area contributed by atoms with Crippen LogP contribution in [-0.2, 0) is 9.59 Å². The van der Waals surface area contributed by atoms with Gasteiger partial charge in [0.25, 0.3) is 0 Å². The molecule has 0 spiro atoms. The molecule has 2 heterocycles. The molecule has 1 aliphatic carbocycles. The molecule has 1 aliphatic heterocycles. The molecule has 3 rings (SSSR count). The third-order valence-electron chi connectivity index (χ3n) is 4.31. The summed E-state index contributed by atoms with van der Waals surface area (Å²) in [6, 6.07) is 5.51. The largest absolute Gasteiger partial charge is 0.306 e. The quantitative estimate of drug-likeness (QED) is 0.743. The van der Waals surface area contributed by atoms with Crippen LogP contribution in [0.1, 0.15) is 13.8 Å². The van der Waals surface area contributed by atoms with Gasteiger partial charge in [0.1, 0.15) is 6.07 Å². The number of carbonyl (C=O) groups excluding carboxylic acids is 2. The molecular weight excluding hydrogens is 278 g/mol. The topological polar surface area (TPSA) is 74.1 Å². The van der Waals surface area contributed by atoms with E-state index >= 15 is 0 Å². The van der Waals surface area contributed by atoms with Gasteiger partial charge in [-0.15, -0.1) is 0 Å². The Morgan fingerprint density at radius 2 is 2.18 bits per heavy atom. The molecule has 1 atom stereocenters. The fourth-order valence-corrected chi connectivity index (χ4v) is 3.06. The van der Waals surface area contributed by atoms with Gasteiger partial charge >= 0.3 is 0 Å². The van der Waals surface area contributed by atoms with E-state index in [2.05, 4.69) is 4.98 Å². The van der Waals surface area contributed by atoms with Crippen LogP contribution in [0.3, 0.4) is 0 Å². The number of pyridine rings is 1. The van der Waals surface area contributed by atoms with Gasteiger partial charge in [-0.3, -0.25) is 14.6 Å². The number of ketones is 1. The lowest BCUT2D eigenvalue weighted by Gasteiger charge is -2.40. The molecule has 110 valence electrons. The number of fused-ring (bicyclic) bond motifs is 1. The first-order valence-corrected chi connectivity index (χ1v) is 7.05. The summed E-state index contributed by atoms with van der Waals surface area (Å²) in [6.07, 6.45) is 6.69. The van der Waals surface area contributed by atoms with Crippen LogP contribution in [0.15, 0.2) is 47.8 Å². The Morgan fingerprint density at radius 1 is 1.41 bits per heavy atom. The Kier molecular flexibility index (Phi) is 3.18. The highest BCUT2D eigenvalue weighted by Crippen LogP contribution is 2.43. The zero-order valence-corrected chi connectivity index (χ0v) is 12.4. The maximum Gasteiger partial charge on any atom is 0.238 e. The Balaban J connectivity index is 2.07. The Bertz CT molecular complexity index is 754. The highest BCUT2D eigenvalue weighted by Gasteiger charge is 2.46. The summed E-state index contributed by atoms with van der Waals surface area (Å²) in [4.78, 5) is 30.8. The molecule has 0 fully saturated rings. The Morgan fingerprint density at radius 3 is 2.82 bits per heavy atom. The van der Waals surface area contributed by atoms with Gasteiger partial charge in [-0.2, -0.15) is 5.26 Å². The Labute approximate surface area is 128 Å². The Hall–Kier alpha value is -2.74. The first kappa shape index (κ1) is 14.2. The summed E-state index contributed by atoms with van der Waals surface area (Å²) in [5, 5.41) is 9.16. The minimum Gasteiger partial charge on any atom is -0.306 e. The zero-order valence-electron chi connectivity index (χ0n) is 12.4. The highest BCUT2D eigenvalue weighted by atomic mass is 16.2. The molecule has 2 aliphatic rings. The molecule has 1 aromatic rings. The number of amides is 1. The third-order valence-corrected chi connectivity index (χ3v) is 4.31. The molecule has 1 aromatic heterocycles. The van der Waals surface area contributed by atoms with Crippen LogP contribution in [0.2, 0.25) is 0 Å². The van der Waals surface area contributed by atoms with Crippen molar-refractivity contribution in [2.75, 3.05) is 11.4 Å². The van der Waals surface area contributed by atoms with Gasteiger partial charge in [-0.25, -0.2) is 0 Å². The number of hydrogen-bond acceptors (Lipinski definition) is 4. The van der Waals surface area contributed by atoms with Gasteiger partial charge in [-0.1, -0.05) is 6.08 Å². The lowest BCUT2D eigenvalue weighted by Crippen LogP contribution is -2.47. The number of anilines is 1. The van der Waals surface area contributed by atoms with E-state index in [1.807, 2.05) is 18.2 Å². The van der Waals surface area contributed by atoms with Gasteiger partial charge < -0.3 is 4.90 Å². The fraction of sp³-hybridized carbons (Fsp3) is 0.294. The SMILES string of the molecule is CC1(C)C(=O)C(C#N)=CC2C(=O)N(c3cccnc3)CC=C21. The van der Waals surface area contributed by atoms with E-state index in [0.717, 1.165) is 5.57 Å². The molecule has 0 aromatic carbocycles. The van der Waals surface area contributed by atoms with Crippen molar-refractivity contribution in [2.45, 2.75) is 13.8 Å². The van der Waals surface area contributed by atoms with Crippen molar-refractivity contribution in [3.8, 4) is 6.07 Å². The fourth-order valence-electron chi connectivity index (χ4n) is 3.06. The number of aromatic nitrogens is 1. The van der Waals surface area contributed by atoms with Gasteiger partial charge in [0.2, 0.25) is 5.91 Å². The number of Topliss-reactive ketones (excluding diaryl/α,β-unsaturated/α-hetero) is 1. The molecule has 0 radical (unpaired) electrons. The number of rotatable bonds is 1. The number of nitriles is 1. The van der Waals surface area contributed by atoms with Crippen molar-refractivity contribution >= 4 is 17.4 Å². The first-order valence-electron chi connectivity index (χ1n) is 7.05. The van der Waals surface area contributed by atoms with Crippen LogP contribution in [0, 0.1) is 22.7 Å². The first-order chi connectivity index (χ1) is 10.5. The smallest absolute Gasteiger partial charge is 0.238 e. The summed E-state index contributed by atoms with van der Waals surface area (Å²) in [6.45, 7) is 3.94. The predicted molar refractivity (Wildman–Crippen MR) is 80.6 cm³/mol.